The quantitative estimate of drug-likeness (QED) is 0.120. The largest absolute Gasteiger partial charge is 0.505 e. The van der Waals surface area contributed by atoms with Crippen molar-refractivity contribution in [2.75, 3.05) is 18.9 Å². The molecule has 0 bridgehead atoms. The standard InChI is InChI=1S/C31H30N2O11/c1-16(31(37)32-27-21(34)11-25-30(28(27)36)41-15-40-25)9-18-3-6-20(7-4-18)43-26-12-22(35)29(44-26)17(2)33-42-13-19-5-8-23-24(10-19)39-14-38-23/h3-11,22,26,29,34-36H,12-15H2,1-2H3,(H,32,37)/b16-9+,33-17+/t22-,26+,29+/m0/s1. The van der Waals surface area contributed by atoms with Gasteiger partial charge in [-0.05, 0) is 55.3 Å². The van der Waals surface area contributed by atoms with Gasteiger partial charge in [0.1, 0.15) is 29.9 Å². The lowest BCUT2D eigenvalue weighted by molar-refractivity contribution is -0.112. The third-order valence-electron chi connectivity index (χ3n) is 7.12. The van der Waals surface area contributed by atoms with Crippen LogP contribution in [-0.4, -0.2) is 59.0 Å². The predicted octanol–water partition coefficient (Wildman–Crippen LogP) is 4.04. The van der Waals surface area contributed by atoms with Gasteiger partial charge in [-0.15, -0.1) is 0 Å². The molecule has 0 saturated carbocycles. The fourth-order valence-corrected chi connectivity index (χ4v) is 4.83. The highest BCUT2D eigenvalue weighted by atomic mass is 16.7. The summed E-state index contributed by atoms with van der Waals surface area (Å²) in [5, 5.41) is 37.7. The van der Waals surface area contributed by atoms with Crippen LogP contribution < -0.4 is 29.0 Å². The van der Waals surface area contributed by atoms with Crippen LogP contribution in [0.1, 0.15) is 31.4 Å². The highest BCUT2D eigenvalue weighted by molar-refractivity contribution is 6.08. The second kappa shape index (κ2) is 12.2. The van der Waals surface area contributed by atoms with Crippen molar-refractivity contribution >= 4 is 23.4 Å². The van der Waals surface area contributed by atoms with Crippen LogP contribution in [0.3, 0.4) is 0 Å². The van der Waals surface area contributed by atoms with Gasteiger partial charge < -0.3 is 53.9 Å². The number of phenols is 2. The summed E-state index contributed by atoms with van der Waals surface area (Å²) >= 11 is 0. The molecule has 6 rings (SSSR count). The number of anilines is 1. The van der Waals surface area contributed by atoms with Crippen LogP contribution in [0.15, 0.2) is 59.3 Å². The summed E-state index contributed by atoms with van der Waals surface area (Å²) < 4.78 is 32.8. The third-order valence-corrected chi connectivity index (χ3v) is 7.12. The molecule has 3 aromatic rings. The van der Waals surface area contributed by atoms with E-state index in [-0.39, 0.29) is 49.5 Å². The Morgan fingerprint density at radius 3 is 2.57 bits per heavy atom. The number of hydrogen-bond donors (Lipinski definition) is 4. The van der Waals surface area contributed by atoms with Crippen molar-refractivity contribution in [3.63, 3.8) is 0 Å². The Morgan fingerprint density at radius 2 is 1.75 bits per heavy atom. The number of phenolic OH excluding ortho intramolecular Hbond substituents is 2. The Balaban J connectivity index is 1.01. The zero-order chi connectivity index (χ0) is 30.8. The molecule has 3 heterocycles. The van der Waals surface area contributed by atoms with Crippen molar-refractivity contribution in [1.29, 1.82) is 0 Å². The molecule has 3 atom stereocenters. The van der Waals surface area contributed by atoms with Crippen molar-refractivity contribution in [2.24, 2.45) is 5.16 Å². The first kappa shape index (κ1) is 29.0. The Labute approximate surface area is 251 Å². The van der Waals surface area contributed by atoms with Crippen molar-refractivity contribution in [2.45, 2.75) is 45.4 Å². The predicted molar refractivity (Wildman–Crippen MR) is 155 cm³/mol. The lowest BCUT2D eigenvalue weighted by atomic mass is 10.1. The molecular weight excluding hydrogens is 576 g/mol. The summed E-state index contributed by atoms with van der Waals surface area (Å²) in [6.07, 6.45) is -0.353. The van der Waals surface area contributed by atoms with Gasteiger partial charge in [0.05, 0.1) is 11.8 Å². The van der Waals surface area contributed by atoms with E-state index in [0.29, 0.717) is 34.1 Å². The number of aliphatic hydroxyl groups excluding tert-OH is 1. The lowest BCUT2D eigenvalue weighted by Crippen LogP contribution is -2.29. The monoisotopic (exact) mass is 606 g/mol. The molecular formula is C31H30N2O11. The molecule has 230 valence electrons. The maximum Gasteiger partial charge on any atom is 0.251 e. The topological polar surface area (TPSA) is 167 Å². The van der Waals surface area contributed by atoms with Crippen LogP contribution >= 0.6 is 0 Å². The van der Waals surface area contributed by atoms with Gasteiger partial charge in [-0.25, -0.2) is 0 Å². The molecule has 1 amide bonds. The summed E-state index contributed by atoms with van der Waals surface area (Å²) in [6, 6.07) is 13.7. The van der Waals surface area contributed by atoms with Gasteiger partial charge in [0.25, 0.3) is 5.91 Å². The number of fused-ring (bicyclic) bond motifs is 2. The second-order valence-electron chi connectivity index (χ2n) is 10.3. The zero-order valence-electron chi connectivity index (χ0n) is 23.8. The summed E-state index contributed by atoms with van der Waals surface area (Å²) in [4.78, 5) is 18.2. The molecule has 3 aliphatic heterocycles. The van der Waals surface area contributed by atoms with E-state index in [2.05, 4.69) is 10.5 Å². The number of carbonyl (C=O) groups is 1. The first-order chi connectivity index (χ1) is 21.2. The fourth-order valence-electron chi connectivity index (χ4n) is 4.83. The van der Waals surface area contributed by atoms with E-state index in [0.717, 1.165) is 5.56 Å². The van der Waals surface area contributed by atoms with E-state index in [1.54, 1.807) is 44.2 Å². The summed E-state index contributed by atoms with van der Waals surface area (Å²) in [5.41, 5.74) is 2.18. The lowest BCUT2D eigenvalue weighted by Gasteiger charge is -2.15. The summed E-state index contributed by atoms with van der Waals surface area (Å²) in [7, 11) is 0. The van der Waals surface area contributed by atoms with E-state index >= 15 is 0 Å². The molecule has 13 heteroatoms. The number of rotatable bonds is 9. The number of benzene rings is 3. The number of aliphatic hydroxyl groups is 1. The maximum atomic E-state index is 12.7. The molecule has 0 aliphatic carbocycles. The molecule has 4 N–H and O–H groups in total. The number of aromatic hydroxyl groups is 2. The van der Waals surface area contributed by atoms with E-state index in [1.807, 2.05) is 18.2 Å². The van der Waals surface area contributed by atoms with Crippen molar-refractivity contribution in [1.82, 2.24) is 0 Å². The molecule has 1 saturated heterocycles. The minimum atomic E-state index is -0.829. The molecule has 0 spiro atoms. The van der Waals surface area contributed by atoms with Crippen molar-refractivity contribution in [3.05, 3.63) is 65.2 Å². The summed E-state index contributed by atoms with van der Waals surface area (Å²) in [6.45, 7) is 3.61. The van der Waals surface area contributed by atoms with Crippen molar-refractivity contribution in [3.8, 4) is 40.2 Å². The SMILES string of the molecule is C/C(=C\c1ccc(O[C@H]2C[C@H](O)[C@@H](/C(C)=N/OCc3ccc4c(c3)OCO4)O2)cc1)C(=O)Nc1c(O)cc2c(c1O)OCO2. The summed E-state index contributed by atoms with van der Waals surface area (Å²) in [5.74, 6) is 0.777. The molecule has 44 heavy (non-hydrogen) atoms. The number of carbonyl (C=O) groups excluding carboxylic acids is 1. The van der Waals surface area contributed by atoms with Crippen LogP contribution in [0.2, 0.25) is 0 Å². The third kappa shape index (κ3) is 6.14. The second-order valence-corrected chi connectivity index (χ2v) is 10.3. The molecule has 3 aliphatic rings. The van der Waals surface area contributed by atoms with E-state index < -0.39 is 30.2 Å². The first-order valence-corrected chi connectivity index (χ1v) is 13.7. The average molecular weight is 607 g/mol. The molecule has 0 unspecified atom stereocenters. The van der Waals surface area contributed by atoms with Crippen LogP contribution in [0.25, 0.3) is 6.08 Å². The van der Waals surface area contributed by atoms with Crippen LogP contribution in [0.5, 0.6) is 40.2 Å². The Morgan fingerprint density at radius 1 is 1.00 bits per heavy atom. The molecule has 0 radical (unpaired) electrons. The number of ether oxygens (including phenoxy) is 6. The average Bonchev–Trinajstić information content (AvgIpc) is 3.76. The Bertz CT molecular complexity index is 1620. The number of amides is 1. The first-order valence-electron chi connectivity index (χ1n) is 13.7. The Hall–Kier alpha value is -5.14. The number of nitrogens with one attached hydrogen (secondary N) is 1. The Kier molecular flexibility index (Phi) is 8.05. The minimum Gasteiger partial charge on any atom is -0.505 e. The van der Waals surface area contributed by atoms with Gasteiger partial charge >= 0.3 is 0 Å². The highest BCUT2D eigenvalue weighted by Gasteiger charge is 2.37. The molecule has 1 fully saturated rings. The van der Waals surface area contributed by atoms with Crippen LogP contribution in [-0.2, 0) is 21.0 Å². The highest BCUT2D eigenvalue weighted by Crippen LogP contribution is 2.49. The minimum absolute atomic E-state index is 0.0498. The number of hydrogen-bond acceptors (Lipinski definition) is 12. The van der Waals surface area contributed by atoms with Gasteiger partial charge in [0, 0.05) is 18.1 Å². The number of nitrogens with zero attached hydrogens (tertiary/aromatic N) is 1. The van der Waals surface area contributed by atoms with Crippen LogP contribution in [0.4, 0.5) is 5.69 Å². The molecule has 0 aromatic heterocycles. The van der Waals surface area contributed by atoms with Gasteiger partial charge in [-0.3, -0.25) is 4.79 Å². The van der Waals surface area contributed by atoms with Gasteiger partial charge in [-0.2, -0.15) is 0 Å². The number of oxime groups is 1. The van der Waals surface area contributed by atoms with Gasteiger partial charge in [-0.1, -0.05) is 23.4 Å². The van der Waals surface area contributed by atoms with Crippen LogP contribution in [0, 0.1) is 0 Å². The molecule has 13 nitrogen and oxygen atoms in total. The van der Waals surface area contributed by atoms with E-state index in [9.17, 15) is 20.1 Å². The molecule has 3 aromatic carbocycles. The maximum absolute atomic E-state index is 12.7. The van der Waals surface area contributed by atoms with Gasteiger partial charge in [0.15, 0.2) is 23.0 Å². The zero-order valence-corrected chi connectivity index (χ0v) is 23.8. The van der Waals surface area contributed by atoms with E-state index in [4.69, 9.17) is 33.3 Å². The van der Waals surface area contributed by atoms with E-state index in [1.165, 1.54) is 6.07 Å². The fraction of sp³-hybridized carbons (Fsp3) is 0.290. The van der Waals surface area contributed by atoms with Crippen molar-refractivity contribution < 1.29 is 53.4 Å². The van der Waals surface area contributed by atoms with Gasteiger partial charge in [0.2, 0.25) is 25.6 Å². The normalized spacial score (nSPS) is 20.5. The smallest absolute Gasteiger partial charge is 0.251 e.